The number of nitrogens with zero attached hydrogens (tertiary/aromatic N) is 3. The van der Waals surface area contributed by atoms with Crippen molar-refractivity contribution in [2.75, 3.05) is 6.54 Å². The van der Waals surface area contributed by atoms with E-state index in [0.29, 0.717) is 25.1 Å². The van der Waals surface area contributed by atoms with E-state index >= 15 is 0 Å². The Balaban J connectivity index is 2.13. The molecular formula is C16H28N4O3. The second-order valence-electron chi connectivity index (χ2n) is 5.85. The fraction of sp³-hybridized carbons (Fsp3) is 0.750. The summed E-state index contributed by atoms with van der Waals surface area (Å²) in [5.74, 6) is -0.145. The number of aryl methyl sites for hydroxylation is 2. The van der Waals surface area contributed by atoms with E-state index in [4.69, 9.17) is 0 Å². The number of amides is 1. The van der Waals surface area contributed by atoms with Crippen molar-refractivity contribution in [2.24, 2.45) is 0 Å². The second kappa shape index (κ2) is 10.7. The van der Waals surface area contributed by atoms with Gasteiger partial charge in [0.15, 0.2) is 0 Å². The smallest absolute Gasteiger partial charge is 0.390 e. The average molecular weight is 324 g/mol. The van der Waals surface area contributed by atoms with Gasteiger partial charge in [-0.25, -0.2) is 4.57 Å². The molecule has 1 amide bonds. The van der Waals surface area contributed by atoms with Crippen LogP contribution in [-0.4, -0.2) is 26.9 Å². The summed E-state index contributed by atoms with van der Waals surface area (Å²) in [6.45, 7) is 5.06. The summed E-state index contributed by atoms with van der Waals surface area (Å²) in [7, 11) is 0. The number of hydrogen-bond donors (Lipinski definition) is 1. The van der Waals surface area contributed by atoms with Crippen molar-refractivity contribution in [3.8, 4) is 0 Å². The summed E-state index contributed by atoms with van der Waals surface area (Å²) in [6.07, 6.45) is 9.79. The van der Waals surface area contributed by atoms with Crippen LogP contribution in [0.2, 0.25) is 0 Å². The zero-order chi connectivity index (χ0) is 17.1. The van der Waals surface area contributed by atoms with Gasteiger partial charge in [-0.3, -0.25) is 4.79 Å². The first-order valence-corrected chi connectivity index (χ1v) is 8.49. The van der Waals surface area contributed by atoms with Gasteiger partial charge in [-0.1, -0.05) is 44.0 Å². The number of rotatable bonds is 12. The molecule has 23 heavy (non-hydrogen) atoms. The summed E-state index contributed by atoms with van der Waals surface area (Å²) in [6, 6.07) is 0. The molecule has 1 aromatic heterocycles. The molecule has 0 aliphatic heterocycles. The van der Waals surface area contributed by atoms with Crippen LogP contribution in [0.1, 0.15) is 64.0 Å². The molecule has 0 spiro atoms. The highest BCUT2D eigenvalue weighted by molar-refractivity contribution is 5.75. The van der Waals surface area contributed by atoms with Gasteiger partial charge >= 0.3 is 5.95 Å². The zero-order valence-corrected chi connectivity index (χ0v) is 14.2. The van der Waals surface area contributed by atoms with E-state index < -0.39 is 4.92 Å². The summed E-state index contributed by atoms with van der Waals surface area (Å²) in [5, 5.41) is 13.7. The van der Waals surface area contributed by atoms with Crippen molar-refractivity contribution >= 4 is 11.9 Å². The molecule has 0 unspecified atom stereocenters. The first-order chi connectivity index (χ1) is 11.0. The minimum atomic E-state index is -0.494. The van der Waals surface area contributed by atoms with E-state index in [1.54, 1.807) is 13.1 Å². The first-order valence-electron chi connectivity index (χ1n) is 8.49. The van der Waals surface area contributed by atoms with E-state index in [2.05, 4.69) is 17.2 Å². The van der Waals surface area contributed by atoms with Gasteiger partial charge in [-0.15, -0.1) is 0 Å². The first kappa shape index (κ1) is 19.1. The number of hydrogen-bond acceptors (Lipinski definition) is 4. The third-order valence-corrected chi connectivity index (χ3v) is 3.69. The Morgan fingerprint density at radius 2 is 1.96 bits per heavy atom. The zero-order valence-electron chi connectivity index (χ0n) is 14.2. The molecule has 0 atom stereocenters. The maximum absolute atomic E-state index is 11.7. The van der Waals surface area contributed by atoms with Crippen LogP contribution in [0.25, 0.3) is 0 Å². The molecule has 0 aliphatic rings. The molecule has 0 bridgehead atoms. The lowest BCUT2D eigenvalue weighted by atomic mass is 10.1. The Morgan fingerprint density at radius 3 is 2.65 bits per heavy atom. The topological polar surface area (TPSA) is 90.1 Å². The molecule has 0 aromatic carbocycles. The number of nitrogens with one attached hydrogen (secondary N) is 1. The molecule has 7 nitrogen and oxygen atoms in total. The van der Waals surface area contributed by atoms with Crippen LogP contribution >= 0.6 is 0 Å². The van der Waals surface area contributed by atoms with Gasteiger partial charge in [-0.05, 0) is 24.7 Å². The third kappa shape index (κ3) is 7.76. The van der Waals surface area contributed by atoms with Crippen LogP contribution in [0.3, 0.4) is 0 Å². The van der Waals surface area contributed by atoms with Crippen molar-refractivity contribution < 1.29 is 9.72 Å². The van der Waals surface area contributed by atoms with Crippen LogP contribution in [0.4, 0.5) is 5.95 Å². The number of imidazole rings is 1. The fourth-order valence-corrected chi connectivity index (χ4v) is 2.48. The summed E-state index contributed by atoms with van der Waals surface area (Å²) in [4.78, 5) is 25.9. The van der Waals surface area contributed by atoms with E-state index in [1.165, 1.54) is 30.3 Å². The van der Waals surface area contributed by atoms with Gasteiger partial charge in [0.1, 0.15) is 11.9 Å². The molecular weight excluding hydrogens is 296 g/mol. The summed E-state index contributed by atoms with van der Waals surface area (Å²) >= 11 is 0. The van der Waals surface area contributed by atoms with Gasteiger partial charge in [0, 0.05) is 13.0 Å². The van der Waals surface area contributed by atoms with Crippen LogP contribution in [0.15, 0.2) is 6.20 Å². The largest absolute Gasteiger partial charge is 0.434 e. The standard InChI is InChI=1S/C16H28N4O3/c1-3-4-5-6-7-8-11-17-15(21)10-9-12-19-13-14(2)18-16(19)20(22)23/h13H,3-12H2,1-2H3,(H,17,21). The Bertz CT molecular complexity index is 500. The lowest BCUT2D eigenvalue weighted by Crippen LogP contribution is -2.24. The van der Waals surface area contributed by atoms with Crippen molar-refractivity contribution in [1.29, 1.82) is 0 Å². The molecule has 1 heterocycles. The lowest BCUT2D eigenvalue weighted by Gasteiger charge is -2.05. The normalized spacial score (nSPS) is 10.7. The predicted octanol–water partition coefficient (Wildman–Crippen LogP) is 3.36. The van der Waals surface area contributed by atoms with Crippen molar-refractivity contribution in [3.05, 3.63) is 22.0 Å². The van der Waals surface area contributed by atoms with Crippen LogP contribution in [0, 0.1) is 17.0 Å². The van der Waals surface area contributed by atoms with Crippen LogP contribution in [0.5, 0.6) is 0 Å². The van der Waals surface area contributed by atoms with Crippen molar-refractivity contribution in [3.63, 3.8) is 0 Å². The SMILES string of the molecule is CCCCCCCCNC(=O)CCCn1cc(C)nc1[N+](=O)[O-]. The fourth-order valence-electron chi connectivity index (χ4n) is 2.48. The highest BCUT2D eigenvalue weighted by Gasteiger charge is 2.16. The minimum Gasteiger partial charge on any atom is -0.390 e. The molecule has 0 saturated carbocycles. The van der Waals surface area contributed by atoms with Crippen LogP contribution < -0.4 is 5.32 Å². The molecule has 1 N–H and O–H groups in total. The van der Waals surface area contributed by atoms with Gasteiger partial charge in [-0.2, -0.15) is 0 Å². The van der Waals surface area contributed by atoms with E-state index in [1.807, 2.05) is 0 Å². The second-order valence-corrected chi connectivity index (χ2v) is 5.85. The Morgan fingerprint density at radius 1 is 1.26 bits per heavy atom. The quantitative estimate of drug-likeness (QED) is 0.362. The molecule has 1 rings (SSSR count). The monoisotopic (exact) mass is 324 g/mol. The summed E-state index contributed by atoms with van der Waals surface area (Å²) in [5.41, 5.74) is 0.615. The van der Waals surface area contributed by atoms with Crippen molar-refractivity contribution in [1.82, 2.24) is 14.9 Å². The Labute approximate surface area is 137 Å². The van der Waals surface area contributed by atoms with Gasteiger partial charge in [0.25, 0.3) is 0 Å². The maximum Gasteiger partial charge on any atom is 0.434 e. The van der Waals surface area contributed by atoms with Gasteiger partial charge in [0.05, 0.1) is 6.54 Å². The van der Waals surface area contributed by atoms with E-state index in [-0.39, 0.29) is 11.9 Å². The van der Waals surface area contributed by atoms with Gasteiger partial charge in [0.2, 0.25) is 5.91 Å². The summed E-state index contributed by atoms with van der Waals surface area (Å²) < 4.78 is 1.50. The van der Waals surface area contributed by atoms with Crippen LogP contribution in [-0.2, 0) is 11.3 Å². The number of aromatic nitrogens is 2. The Hall–Kier alpha value is -1.92. The maximum atomic E-state index is 11.7. The Kier molecular flexibility index (Phi) is 8.94. The third-order valence-electron chi connectivity index (χ3n) is 3.69. The number of unbranched alkanes of at least 4 members (excludes halogenated alkanes) is 5. The average Bonchev–Trinajstić information content (AvgIpc) is 2.87. The molecule has 7 heteroatoms. The van der Waals surface area contributed by atoms with E-state index in [9.17, 15) is 14.9 Å². The number of carbonyl (C=O) groups excluding carboxylic acids is 1. The predicted molar refractivity (Wildman–Crippen MR) is 89.2 cm³/mol. The molecule has 0 fully saturated rings. The highest BCUT2D eigenvalue weighted by atomic mass is 16.6. The molecule has 0 radical (unpaired) electrons. The highest BCUT2D eigenvalue weighted by Crippen LogP contribution is 2.12. The number of carbonyl (C=O) groups is 1. The molecule has 130 valence electrons. The van der Waals surface area contributed by atoms with Gasteiger partial charge < -0.3 is 15.4 Å². The minimum absolute atomic E-state index is 0.0121. The molecule has 0 saturated heterocycles. The molecule has 1 aromatic rings. The molecule has 0 aliphatic carbocycles. The number of nitro groups is 1. The lowest BCUT2D eigenvalue weighted by molar-refractivity contribution is -0.396. The van der Waals surface area contributed by atoms with E-state index in [0.717, 1.165) is 19.4 Å². The van der Waals surface area contributed by atoms with Crippen molar-refractivity contribution in [2.45, 2.75) is 71.8 Å².